The first-order valence-corrected chi connectivity index (χ1v) is 11.8. The lowest BCUT2D eigenvalue weighted by molar-refractivity contribution is -0.385. The minimum absolute atomic E-state index is 0.0473. The first-order chi connectivity index (χ1) is 15.9. The Morgan fingerprint density at radius 1 is 1.15 bits per heavy atom. The summed E-state index contributed by atoms with van der Waals surface area (Å²) in [6, 6.07) is 12.3. The average Bonchev–Trinajstić information content (AvgIpc) is 2.83. The number of amides is 2. The predicted octanol–water partition coefficient (Wildman–Crippen LogP) is 2.96. The molecule has 9 nitrogen and oxygen atoms in total. The molecule has 1 saturated heterocycles. The molecule has 33 heavy (non-hydrogen) atoms. The van der Waals surface area contributed by atoms with Gasteiger partial charge >= 0.3 is 5.69 Å². The fourth-order valence-corrected chi connectivity index (χ4v) is 4.36. The summed E-state index contributed by atoms with van der Waals surface area (Å²) < 4.78 is 4.99. The van der Waals surface area contributed by atoms with E-state index in [4.69, 9.17) is 16.3 Å². The monoisotopic (exact) mass is 492 g/mol. The molecule has 1 aliphatic heterocycles. The van der Waals surface area contributed by atoms with Crippen molar-refractivity contribution in [3.63, 3.8) is 0 Å². The minimum Gasteiger partial charge on any atom is -0.490 e. The Hall–Kier alpha value is -2.98. The van der Waals surface area contributed by atoms with Gasteiger partial charge in [0, 0.05) is 48.7 Å². The Balaban J connectivity index is 1.37. The van der Waals surface area contributed by atoms with Crippen LogP contribution in [0.4, 0.5) is 11.4 Å². The van der Waals surface area contributed by atoms with E-state index in [1.165, 1.54) is 24.9 Å². The average molecular weight is 493 g/mol. The number of rotatable bonds is 9. The highest BCUT2D eigenvalue weighted by Crippen LogP contribution is 2.29. The Labute approximate surface area is 201 Å². The summed E-state index contributed by atoms with van der Waals surface area (Å²) in [7, 11) is 1.38. The van der Waals surface area contributed by atoms with Gasteiger partial charge in [0.1, 0.15) is 0 Å². The van der Waals surface area contributed by atoms with Gasteiger partial charge in [-0.25, -0.2) is 0 Å². The van der Waals surface area contributed by atoms with Crippen LogP contribution in [0.3, 0.4) is 0 Å². The van der Waals surface area contributed by atoms with E-state index in [-0.39, 0.29) is 35.5 Å². The summed E-state index contributed by atoms with van der Waals surface area (Å²) in [6.07, 6.45) is 0. The maximum atomic E-state index is 12.4. The van der Waals surface area contributed by atoms with E-state index in [0.717, 1.165) is 11.3 Å². The van der Waals surface area contributed by atoms with Crippen LogP contribution in [0.1, 0.15) is 5.56 Å². The molecule has 0 aliphatic carbocycles. The number of thioether (sulfide) groups is 1. The first kappa shape index (κ1) is 24.7. The molecule has 2 amide bonds. The Bertz CT molecular complexity index is 997. The number of ether oxygens (including phenoxy) is 1. The molecule has 11 heteroatoms. The second kappa shape index (κ2) is 11.8. The number of halogens is 1. The number of methoxy groups -OCH3 is 1. The number of carbonyl (C=O) groups excluding carboxylic acids is 2. The summed E-state index contributed by atoms with van der Waals surface area (Å²) in [5.74, 6) is 0.404. The van der Waals surface area contributed by atoms with Crippen molar-refractivity contribution < 1.29 is 19.2 Å². The van der Waals surface area contributed by atoms with E-state index in [2.05, 4.69) is 10.2 Å². The fourth-order valence-electron chi connectivity index (χ4n) is 3.43. The van der Waals surface area contributed by atoms with Crippen LogP contribution in [0.2, 0.25) is 5.02 Å². The molecule has 176 valence electrons. The molecule has 1 fully saturated rings. The van der Waals surface area contributed by atoms with Crippen LogP contribution in [0.5, 0.6) is 5.75 Å². The van der Waals surface area contributed by atoms with Crippen LogP contribution in [0.15, 0.2) is 42.5 Å². The number of nitro benzene ring substituents is 1. The number of nitrogens with one attached hydrogen (secondary N) is 1. The van der Waals surface area contributed by atoms with Crippen LogP contribution in [0.25, 0.3) is 0 Å². The lowest BCUT2D eigenvalue weighted by Gasteiger charge is -2.36. The largest absolute Gasteiger partial charge is 0.490 e. The first-order valence-electron chi connectivity index (χ1n) is 10.3. The molecule has 0 radical (unpaired) electrons. The van der Waals surface area contributed by atoms with E-state index in [1.807, 2.05) is 24.3 Å². The number of carbonyl (C=O) groups is 2. The lowest BCUT2D eigenvalue weighted by Crippen LogP contribution is -2.51. The molecule has 0 atom stereocenters. The van der Waals surface area contributed by atoms with Crippen molar-refractivity contribution in [2.24, 2.45) is 0 Å². The molecule has 1 aliphatic rings. The number of nitro groups is 1. The summed E-state index contributed by atoms with van der Waals surface area (Å²) in [5.41, 5.74) is 1.68. The highest BCUT2D eigenvalue weighted by atomic mass is 35.5. The number of hydrogen-bond acceptors (Lipinski definition) is 7. The third-order valence-corrected chi connectivity index (χ3v) is 6.46. The van der Waals surface area contributed by atoms with Crippen LogP contribution < -0.4 is 15.0 Å². The molecular formula is C22H25ClN4O5S. The third-order valence-electron chi connectivity index (χ3n) is 5.20. The normalized spacial score (nSPS) is 13.5. The zero-order chi connectivity index (χ0) is 23.8. The van der Waals surface area contributed by atoms with Gasteiger partial charge in [-0.15, -0.1) is 11.8 Å². The zero-order valence-electron chi connectivity index (χ0n) is 18.2. The van der Waals surface area contributed by atoms with Gasteiger partial charge in [0.15, 0.2) is 5.75 Å². The van der Waals surface area contributed by atoms with Crippen molar-refractivity contribution in [1.29, 1.82) is 0 Å². The summed E-state index contributed by atoms with van der Waals surface area (Å²) in [5, 5.41) is 14.5. The number of piperazine rings is 1. The summed E-state index contributed by atoms with van der Waals surface area (Å²) >= 11 is 7.25. The van der Waals surface area contributed by atoms with Gasteiger partial charge in [-0.2, -0.15) is 0 Å². The van der Waals surface area contributed by atoms with Gasteiger partial charge < -0.3 is 19.9 Å². The maximum Gasteiger partial charge on any atom is 0.311 e. The lowest BCUT2D eigenvalue weighted by atomic mass is 10.2. The van der Waals surface area contributed by atoms with Crippen molar-refractivity contribution in [3.8, 4) is 5.75 Å². The molecule has 0 spiro atoms. The molecule has 0 bridgehead atoms. The molecule has 0 aromatic heterocycles. The Morgan fingerprint density at radius 2 is 1.85 bits per heavy atom. The molecule has 2 aromatic rings. The van der Waals surface area contributed by atoms with Gasteiger partial charge in [-0.3, -0.25) is 19.7 Å². The second-order valence-corrected chi connectivity index (χ2v) is 8.80. The molecule has 2 aromatic carbocycles. The number of hydrogen-bond donors (Lipinski definition) is 1. The molecule has 3 rings (SSSR count). The topological polar surface area (TPSA) is 105 Å². The van der Waals surface area contributed by atoms with E-state index in [1.54, 1.807) is 17.0 Å². The quantitative estimate of drug-likeness (QED) is 0.423. The number of nitrogens with zero attached hydrogens (tertiary/aromatic N) is 3. The molecule has 0 saturated carbocycles. The number of benzene rings is 2. The Kier molecular flexibility index (Phi) is 8.79. The molecule has 1 N–H and O–H groups in total. The highest BCUT2D eigenvalue weighted by Gasteiger charge is 2.21. The predicted molar refractivity (Wildman–Crippen MR) is 129 cm³/mol. The smallest absolute Gasteiger partial charge is 0.311 e. The van der Waals surface area contributed by atoms with Crippen molar-refractivity contribution in [2.45, 2.75) is 5.75 Å². The second-order valence-electron chi connectivity index (χ2n) is 7.38. The van der Waals surface area contributed by atoms with Gasteiger partial charge in [-0.1, -0.05) is 17.7 Å². The van der Waals surface area contributed by atoms with Crippen LogP contribution in [0, 0.1) is 10.1 Å². The van der Waals surface area contributed by atoms with E-state index in [0.29, 0.717) is 37.0 Å². The highest BCUT2D eigenvalue weighted by molar-refractivity contribution is 7.99. The van der Waals surface area contributed by atoms with Crippen molar-refractivity contribution in [3.05, 3.63) is 63.2 Å². The minimum atomic E-state index is -0.499. The standard InChI is InChI=1S/C22H25ClN4O5S/c1-32-20-7-2-16(12-19(20)27(30)31)14-33-15-21(28)24-13-22(29)26-10-8-25(9-11-26)18-5-3-17(23)4-6-18/h2-7,12H,8-11,13-15H2,1H3,(H,24,28). The van der Waals surface area contributed by atoms with E-state index < -0.39 is 4.92 Å². The molecular weight excluding hydrogens is 468 g/mol. The van der Waals surface area contributed by atoms with Crippen LogP contribution >= 0.6 is 23.4 Å². The van der Waals surface area contributed by atoms with Gasteiger partial charge in [0.25, 0.3) is 0 Å². The van der Waals surface area contributed by atoms with Crippen LogP contribution in [-0.4, -0.2) is 67.2 Å². The van der Waals surface area contributed by atoms with E-state index in [9.17, 15) is 19.7 Å². The summed E-state index contributed by atoms with van der Waals surface area (Å²) in [6.45, 7) is 2.55. The maximum absolute atomic E-state index is 12.4. The summed E-state index contributed by atoms with van der Waals surface area (Å²) in [4.78, 5) is 39.1. The SMILES string of the molecule is COc1ccc(CSCC(=O)NCC(=O)N2CCN(c3ccc(Cl)cc3)CC2)cc1[N+](=O)[O-]. The number of anilines is 1. The molecule has 0 unspecified atom stereocenters. The fraction of sp³-hybridized carbons (Fsp3) is 0.364. The Morgan fingerprint density at radius 3 is 2.48 bits per heavy atom. The van der Waals surface area contributed by atoms with Gasteiger partial charge in [0.2, 0.25) is 11.8 Å². The van der Waals surface area contributed by atoms with Crippen molar-refractivity contribution >= 4 is 46.6 Å². The van der Waals surface area contributed by atoms with Gasteiger partial charge in [-0.05, 0) is 35.9 Å². The third kappa shape index (κ3) is 7.00. The van der Waals surface area contributed by atoms with Crippen molar-refractivity contribution in [1.82, 2.24) is 10.2 Å². The molecule has 1 heterocycles. The van der Waals surface area contributed by atoms with E-state index >= 15 is 0 Å². The van der Waals surface area contributed by atoms with Gasteiger partial charge in [0.05, 0.1) is 24.3 Å². The zero-order valence-corrected chi connectivity index (χ0v) is 19.7. The van der Waals surface area contributed by atoms with Crippen LogP contribution in [-0.2, 0) is 15.3 Å². The van der Waals surface area contributed by atoms with Crippen molar-refractivity contribution in [2.75, 3.05) is 50.5 Å².